The summed E-state index contributed by atoms with van der Waals surface area (Å²) in [6.07, 6.45) is 22.9. The number of ether oxygens (including phenoxy) is 2. The number of carbonyl (C=O) groups is 3. The number of halogens is 1. The van der Waals surface area contributed by atoms with Crippen LogP contribution < -0.4 is 33.9 Å². The maximum atomic E-state index is 12.5. The van der Waals surface area contributed by atoms with Crippen LogP contribution in [-0.4, -0.2) is 42.8 Å². The molecule has 0 fully saturated rings. The van der Waals surface area contributed by atoms with E-state index >= 15 is 0 Å². The Morgan fingerprint density at radius 2 is 1.23 bits per heavy atom. The number of carbonyl (C=O) groups excluding carboxylic acids is 3. The molecule has 0 radical (unpaired) electrons. The molecule has 0 aliphatic heterocycles. The van der Waals surface area contributed by atoms with Gasteiger partial charge in [0, 0.05) is 25.6 Å². The summed E-state index contributed by atoms with van der Waals surface area (Å²) in [7, 11) is 0. The molecule has 0 atom stereocenters. The zero-order valence-electron chi connectivity index (χ0n) is 27.4. The van der Waals surface area contributed by atoms with Crippen molar-refractivity contribution < 1.29 is 52.4 Å². The van der Waals surface area contributed by atoms with Gasteiger partial charge in [-0.15, -0.1) is 0 Å². The van der Waals surface area contributed by atoms with Crippen molar-refractivity contribution in [2.75, 3.05) is 19.8 Å². The molecule has 1 heterocycles. The Morgan fingerprint density at radius 3 is 1.77 bits per heavy atom. The van der Waals surface area contributed by atoms with Gasteiger partial charge in [-0.25, -0.2) is 19.1 Å². The van der Waals surface area contributed by atoms with Crippen LogP contribution in [-0.2, 0) is 27.4 Å². The zero-order chi connectivity index (χ0) is 30.7. The second-order valence-corrected chi connectivity index (χ2v) is 11.3. The van der Waals surface area contributed by atoms with E-state index in [-0.39, 0.29) is 49.1 Å². The van der Waals surface area contributed by atoms with E-state index in [1.165, 1.54) is 90.4 Å². The van der Waals surface area contributed by atoms with Crippen molar-refractivity contribution in [3.05, 3.63) is 30.1 Å². The van der Waals surface area contributed by atoms with Gasteiger partial charge < -0.3 is 38.8 Å². The van der Waals surface area contributed by atoms with E-state index in [0.29, 0.717) is 26.0 Å². The van der Waals surface area contributed by atoms with E-state index in [9.17, 15) is 14.4 Å². The molecule has 1 aromatic heterocycles. The molecule has 0 saturated heterocycles. The fourth-order valence-electron chi connectivity index (χ4n) is 4.95. The van der Waals surface area contributed by atoms with E-state index in [2.05, 4.69) is 12.2 Å². The zero-order valence-corrected chi connectivity index (χ0v) is 29.5. The number of hydrogen-bond acceptors (Lipinski definition) is 5. The summed E-state index contributed by atoms with van der Waals surface area (Å²) in [5.41, 5.74) is 0.863. The second kappa shape index (κ2) is 28.8. The third-order valence-electron chi connectivity index (χ3n) is 7.59. The lowest BCUT2D eigenvalue weighted by molar-refractivity contribution is -0.701. The van der Waals surface area contributed by atoms with Crippen molar-refractivity contribution in [1.82, 2.24) is 10.2 Å². The minimum absolute atomic E-state index is 0. The maximum Gasteiger partial charge on any atom is 0.417 e. The van der Waals surface area contributed by atoms with E-state index in [0.717, 1.165) is 36.4 Å². The van der Waals surface area contributed by atoms with Gasteiger partial charge in [0.15, 0.2) is 6.20 Å². The molecule has 3 amide bonds. The Labute approximate surface area is 279 Å². The molecule has 9 heteroatoms. The number of nitrogens with zero attached hydrogens (tertiary/aromatic N) is 2. The largest absolute Gasteiger partial charge is 1.00 e. The van der Waals surface area contributed by atoms with Crippen LogP contribution in [0.1, 0.15) is 142 Å². The van der Waals surface area contributed by atoms with Gasteiger partial charge in [0.25, 0.3) is 0 Å². The van der Waals surface area contributed by atoms with Crippen molar-refractivity contribution >= 4 is 18.1 Å². The summed E-state index contributed by atoms with van der Waals surface area (Å²) < 4.78 is 12.5. The quantitative estimate of drug-likeness (QED) is 0.0849. The van der Waals surface area contributed by atoms with Crippen LogP contribution in [0.25, 0.3) is 0 Å². The number of hydrogen-bond donors (Lipinski definition) is 1. The van der Waals surface area contributed by atoms with E-state index in [1.54, 1.807) is 0 Å². The average molecular weight is 718 g/mol. The van der Waals surface area contributed by atoms with Gasteiger partial charge in [-0.1, -0.05) is 103 Å². The molecule has 0 saturated carbocycles. The summed E-state index contributed by atoms with van der Waals surface area (Å²) in [5.74, 6) is -0.352. The molecule has 248 valence electrons. The summed E-state index contributed by atoms with van der Waals surface area (Å²) in [5, 5.41) is 2.83. The number of imide groups is 1. The van der Waals surface area contributed by atoms with Gasteiger partial charge in [-0.2, -0.15) is 0 Å². The normalized spacial score (nSPS) is 10.6. The summed E-state index contributed by atoms with van der Waals surface area (Å²) in [4.78, 5) is 37.4. The lowest BCUT2D eigenvalue weighted by Gasteiger charge is -2.17. The SMILES string of the molecule is CCCCCCCCCCCCCCCCCNC(=O)OCCCCCOC(=O)N(Cc1cccc[n+]1CC)C(C)=O.[I-]. The van der Waals surface area contributed by atoms with Crippen LogP contribution in [0, 0.1) is 0 Å². The van der Waals surface area contributed by atoms with E-state index < -0.39 is 6.09 Å². The third kappa shape index (κ3) is 22.3. The van der Waals surface area contributed by atoms with E-state index in [4.69, 9.17) is 9.47 Å². The molecular formula is C34H60IN3O5. The predicted molar refractivity (Wildman–Crippen MR) is 168 cm³/mol. The first-order valence-corrected chi connectivity index (χ1v) is 16.8. The Hall–Kier alpha value is -1.91. The number of aryl methyl sites for hydroxylation is 1. The molecule has 0 aliphatic carbocycles. The van der Waals surface area contributed by atoms with Crippen molar-refractivity contribution in [3.63, 3.8) is 0 Å². The minimum atomic E-state index is -0.636. The molecule has 8 nitrogen and oxygen atoms in total. The van der Waals surface area contributed by atoms with Crippen LogP contribution in [0.2, 0.25) is 0 Å². The molecule has 43 heavy (non-hydrogen) atoms. The van der Waals surface area contributed by atoms with Crippen molar-refractivity contribution in [1.29, 1.82) is 0 Å². The highest BCUT2D eigenvalue weighted by Crippen LogP contribution is 2.13. The number of amides is 3. The molecule has 1 N–H and O–H groups in total. The summed E-state index contributed by atoms with van der Waals surface area (Å²) >= 11 is 0. The van der Waals surface area contributed by atoms with Gasteiger partial charge in [-0.3, -0.25) is 4.79 Å². The molecule has 0 bridgehead atoms. The molecule has 1 aromatic rings. The monoisotopic (exact) mass is 717 g/mol. The average Bonchev–Trinajstić information content (AvgIpc) is 2.99. The Kier molecular flexibility index (Phi) is 27.6. The van der Waals surface area contributed by atoms with Crippen LogP contribution in [0.4, 0.5) is 9.59 Å². The number of alkyl carbamates (subject to hydrolysis) is 1. The number of aromatic nitrogens is 1. The minimum Gasteiger partial charge on any atom is -1.00 e. The number of pyridine rings is 1. The lowest BCUT2D eigenvalue weighted by atomic mass is 10.0. The summed E-state index contributed by atoms with van der Waals surface area (Å²) in [6.45, 7) is 7.77. The van der Waals surface area contributed by atoms with Crippen molar-refractivity contribution in [2.24, 2.45) is 0 Å². The first-order valence-electron chi connectivity index (χ1n) is 16.8. The number of unbranched alkanes of at least 4 members (excludes halogenated alkanes) is 16. The standard InChI is InChI=1S/C34H59N3O5.HI/c1-4-6-7-8-9-10-11-12-13-14-15-16-17-18-21-26-35-33(39)41-28-23-19-24-29-42-34(40)37(31(3)38)30-32-25-20-22-27-36(32)5-2;/h20,22,25,27H,4-19,21,23-24,26,28-30H2,1-3H3;1H. The first-order chi connectivity index (χ1) is 20.5. The van der Waals surface area contributed by atoms with Gasteiger partial charge in [0.05, 0.1) is 13.2 Å². The Balaban J connectivity index is 0.0000176. The van der Waals surface area contributed by atoms with Crippen LogP contribution in [0.3, 0.4) is 0 Å². The van der Waals surface area contributed by atoms with Crippen LogP contribution >= 0.6 is 0 Å². The molecular weight excluding hydrogens is 657 g/mol. The smallest absolute Gasteiger partial charge is 0.417 e. The number of rotatable bonds is 25. The van der Waals surface area contributed by atoms with Gasteiger partial charge >= 0.3 is 12.2 Å². The van der Waals surface area contributed by atoms with Crippen molar-refractivity contribution in [3.8, 4) is 0 Å². The van der Waals surface area contributed by atoms with Crippen LogP contribution in [0.5, 0.6) is 0 Å². The van der Waals surface area contributed by atoms with Gasteiger partial charge in [0.1, 0.15) is 13.1 Å². The van der Waals surface area contributed by atoms with Crippen molar-refractivity contribution in [2.45, 2.75) is 149 Å². The predicted octanol–water partition coefficient (Wildman–Crippen LogP) is 5.25. The molecule has 0 spiro atoms. The van der Waals surface area contributed by atoms with Gasteiger partial charge in [-0.05, 0) is 32.6 Å². The second-order valence-electron chi connectivity index (χ2n) is 11.3. The third-order valence-corrected chi connectivity index (χ3v) is 7.59. The molecule has 0 unspecified atom stereocenters. The Morgan fingerprint density at radius 1 is 0.721 bits per heavy atom. The molecule has 0 aromatic carbocycles. The lowest BCUT2D eigenvalue weighted by Crippen LogP contribution is -3.00. The summed E-state index contributed by atoms with van der Waals surface area (Å²) in [6, 6.07) is 5.69. The highest BCUT2D eigenvalue weighted by molar-refractivity contribution is 5.90. The fourth-order valence-corrected chi connectivity index (χ4v) is 4.95. The van der Waals surface area contributed by atoms with E-state index in [1.807, 2.05) is 35.9 Å². The van der Waals surface area contributed by atoms with Crippen LogP contribution in [0.15, 0.2) is 24.4 Å². The highest BCUT2D eigenvalue weighted by Gasteiger charge is 2.23. The topological polar surface area (TPSA) is 88.8 Å². The first kappa shape index (κ1) is 41.1. The molecule has 1 rings (SSSR count). The van der Waals surface area contributed by atoms with Gasteiger partial charge in [0.2, 0.25) is 11.6 Å². The number of nitrogens with one attached hydrogen (secondary N) is 1. The Bertz CT molecular complexity index is 855. The molecule has 0 aliphatic rings. The maximum absolute atomic E-state index is 12.5. The highest BCUT2D eigenvalue weighted by atomic mass is 127. The fraction of sp³-hybridized carbons (Fsp3) is 0.765.